The van der Waals surface area contributed by atoms with Crippen LogP contribution in [0.3, 0.4) is 0 Å². The molecular formula is C20H28O4. The Labute approximate surface area is 143 Å². The van der Waals surface area contributed by atoms with E-state index in [0.717, 1.165) is 32.6 Å². The first-order chi connectivity index (χ1) is 11.3. The van der Waals surface area contributed by atoms with Gasteiger partial charge in [0.1, 0.15) is 0 Å². The lowest BCUT2D eigenvalue weighted by Crippen LogP contribution is -2.46. The van der Waals surface area contributed by atoms with Crippen molar-refractivity contribution in [2.24, 2.45) is 29.1 Å². The lowest BCUT2D eigenvalue weighted by atomic mass is 9.54. The molecule has 0 spiro atoms. The van der Waals surface area contributed by atoms with Gasteiger partial charge in [-0.15, -0.1) is 0 Å². The molecule has 4 aliphatic rings. The molecule has 0 unspecified atom stereocenters. The average Bonchev–Trinajstić information content (AvgIpc) is 2.82. The zero-order chi connectivity index (χ0) is 17.5. The minimum absolute atomic E-state index is 0.105. The van der Waals surface area contributed by atoms with E-state index in [1.165, 1.54) is 18.4 Å². The number of fused-ring (bicyclic) bond motifs is 5. The van der Waals surface area contributed by atoms with Crippen molar-refractivity contribution in [3.8, 4) is 0 Å². The number of allylic oxidation sites excluding steroid dienone is 4. The zero-order valence-electron chi connectivity index (χ0n) is 14.6. The van der Waals surface area contributed by atoms with Crippen molar-refractivity contribution in [3.05, 3.63) is 23.8 Å². The molecule has 0 heterocycles. The molecule has 0 bridgehead atoms. The van der Waals surface area contributed by atoms with Gasteiger partial charge in [-0.3, -0.25) is 9.59 Å². The Hall–Kier alpha value is -1.42. The van der Waals surface area contributed by atoms with Crippen molar-refractivity contribution in [1.29, 1.82) is 0 Å². The van der Waals surface area contributed by atoms with E-state index in [-0.39, 0.29) is 11.5 Å². The molecule has 0 aromatic carbocycles. The molecule has 24 heavy (non-hydrogen) atoms. The highest BCUT2D eigenvalue weighted by atomic mass is 16.4. The fraction of sp³-hybridized carbons (Fsp3) is 0.700. The number of carboxylic acids is 1. The van der Waals surface area contributed by atoms with Crippen molar-refractivity contribution in [1.82, 2.24) is 0 Å². The Kier molecular flexibility index (Phi) is 4.69. The monoisotopic (exact) mass is 332 g/mol. The van der Waals surface area contributed by atoms with Crippen molar-refractivity contribution in [3.63, 3.8) is 0 Å². The number of rotatable bonds is 0. The number of carboxylic acid groups (broad SMARTS) is 1. The summed E-state index contributed by atoms with van der Waals surface area (Å²) in [5.74, 6) is 2.05. The molecule has 2 N–H and O–H groups in total. The molecule has 0 aromatic heterocycles. The maximum absolute atomic E-state index is 11.6. The quantitative estimate of drug-likeness (QED) is 0.713. The number of ketones is 1. The summed E-state index contributed by atoms with van der Waals surface area (Å²) in [4.78, 5) is 20.6. The summed E-state index contributed by atoms with van der Waals surface area (Å²) in [6.45, 7) is 3.38. The summed E-state index contributed by atoms with van der Waals surface area (Å²) < 4.78 is 0. The Bertz CT molecular complexity index is 586. The van der Waals surface area contributed by atoms with Crippen molar-refractivity contribution in [2.45, 2.75) is 58.5 Å². The van der Waals surface area contributed by atoms with E-state index in [0.29, 0.717) is 29.5 Å². The Morgan fingerprint density at radius 1 is 1.25 bits per heavy atom. The summed E-state index contributed by atoms with van der Waals surface area (Å²) in [7, 11) is 0. The van der Waals surface area contributed by atoms with E-state index in [2.05, 4.69) is 19.1 Å². The van der Waals surface area contributed by atoms with Gasteiger partial charge in [-0.2, -0.15) is 0 Å². The number of aliphatic hydroxyl groups excluding tert-OH is 1. The highest BCUT2D eigenvalue weighted by Crippen LogP contribution is 2.60. The van der Waals surface area contributed by atoms with Gasteiger partial charge in [0.2, 0.25) is 0 Å². The first-order valence-corrected chi connectivity index (χ1v) is 9.13. The van der Waals surface area contributed by atoms with Crippen LogP contribution in [0, 0.1) is 29.1 Å². The number of hydrogen-bond donors (Lipinski definition) is 2. The first-order valence-electron chi connectivity index (χ1n) is 9.13. The van der Waals surface area contributed by atoms with E-state index in [4.69, 9.17) is 9.90 Å². The van der Waals surface area contributed by atoms with Crippen LogP contribution in [0.25, 0.3) is 0 Å². The molecule has 4 nitrogen and oxygen atoms in total. The highest BCUT2D eigenvalue weighted by molar-refractivity contribution is 5.91. The maximum Gasteiger partial charge on any atom is 0.300 e. The van der Waals surface area contributed by atoms with Gasteiger partial charge in [0, 0.05) is 13.3 Å². The molecule has 0 aromatic rings. The Balaban J connectivity index is 0.000000383. The van der Waals surface area contributed by atoms with Gasteiger partial charge in [-0.1, -0.05) is 19.1 Å². The van der Waals surface area contributed by atoms with Crippen LogP contribution in [0.15, 0.2) is 23.8 Å². The summed E-state index contributed by atoms with van der Waals surface area (Å²) in [5, 5.41) is 17.8. The maximum atomic E-state index is 11.6. The number of aliphatic carboxylic acids is 1. The Morgan fingerprint density at radius 3 is 2.67 bits per heavy atom. The molecule has 0 amide bonds. The van der Waals surface area contributed by atoms with Gasteiger partial charge >= 0.3 is 0 Å². The van der Waals surface area contributed by atoms with Gasteiger partial charge in [0.05, 0.1) is 6.10 Å². The summed E-state index contributed by atoms with van der Waals surface area (Å²) in [6.07, 6.45) is 12.7. The average molecular weight is 332 g/mol. The standard InChI is InChI=1S/C18H24O2.C2H4O2/c1-18-9-8-14-13-5-3-12(19)10-11(13)2-4-15(14)16(18)6-7-17(18)20;1-2(3)4/h2,4,10,13-17,20H,3,5-9H2,1H3;1H3,(H,3,4)/t13-,14+,15+,16-,17-,18-;/m0./s1. The third kappa shape index (κ3) is 2.97. The number of aliphatic hydroxyl groups is 1. The number of carbonyl (C=O) groups is 2. The largest absolute Gasteiger partial charge is 0.481 e. The van der Waals surface area contributed by atoms with Crippen LogP contribution in [-0.4, -0.2) is 28.1 Å². The molecule has 0 aliphatic heterocycles. The number of carbonyl (C=O) groups excluding carboxylic acids is 1. The third-order valence-electron chi connectivity index (χ3n) is 6.82. The second kappa shape index (κ2) is 6.47. The van der Waals surface area contributed by atoms with Crippen LogP contribution in [-0.2, 0) is 9.59 Å². The highest BCUT2D eigenvalue weighted by Gasteiger charge is 2.54. The van der Waals surface area contributed by atoms with Gasteiger partial charge in [0.25, 0.3) is 5.97 Å². The summed E-state index contributed by atoms with van der Waals surface area (Å²) >= 11 is 0. The van der Waals surface area contributed by atoms with Crippen LogP contribution in [0.1, 0.15) is 52.4 Å². The molecule has 4 heteroatoms. The fourth-order valence-electron chi connectivity index (χ4n) is 5.63. The van der Waals surface area contributed by atoms with Gasteiger partial charge < -0.3 is 10.2 Å². The van der Waals surface area contributed by atoms with Crippen molar-refractivity contribution >= 4 is 11.8 Å². The zero-order valence-corrected chi connectivity index (χ0v) is 14.6. The fourth-order valence-corrected chi connectivity index (χ4v) is 5.63. The molecule has 2 saturated carbocycles. The smallest absolute Gasteiger partial charge is 0.300 e. The topological polar surface area (TPSA) is 74.6 Å². The molecule has 132 valence electrons. The van der Waals surface area contributed by atoms with Gasteiger partial charge in [-0.25, -0.2) is 0 Å². The van der Waals surface area contributed by atoms with Crippen molar-refractivity contribution < 1.29 is 19.8 Å². The van der Waals surface area contributed by atoms with Gasteiger partial charge in [0.15, 0.2) is 5.78 Å². The predicted octanol–water partition coefficient (Wildman–Crippen LogP) is 3.36. The van der Waals surface area contributed by atoms with E-state index < -0.39 is 5.97 Å². The second-order valence-electron chi connectivity index (χ2n) is 8.12. The molecule has 4 rings (SSSR count). The van der Waals surface area contributed by atoms with Crippen LogP contribution >= 0.6 is 0 Å². The van der Waals surface area contributed by atoms with Gasteiger partial charge in [-0.05, 0) is 72.8 Å². The first kappa shape index (κ1) is 17.4. The normalized spacial score (nSPS) is 42.9. The molecule has 6 atom stereocenters. The molecule has 4 aliphatic carbocycles. The number of hydrogen-bond acceptors (Lipinski definition) is 3. The van der Waals surface area contributed by atoms with Crippen LogP contribution in [0.4, 0.5) is 0 Å². The molecule has 0 radical (unpaired) electrons. The molecule has 0 saturated heterocycles. The minimum atomic E-state index is -0.833. The third-order valence-corrected chi connectivity index (χ3v) is 6.82. The van der Waals surface area contributed by atoms with E-state index in [9.17, 15) is 9.90 Å². The lowest BCUT2D eigenvalue weighted by molar-refractivity contribution is -0.134. The van der Waals surface area contributed by atoms with Crippen molar-refractivity contribution in [2.75, 3.05) is 0 Å². The van der Waals surface area contributed by atoms with E-state index in [1.54, 1.807) is 0 Å². The summed E-state index contributed by atoms with van der Waals surface area (Å²) in [5.41, 5.74) is 1.42. The molecule has 2 fully saturated rings. The van der Waals surface area contributed by atoms with Crippen LogP contribution in [0.5, 0.6) is 0 Å². The van der Waals surface area contributed by atoms with Crippen LogP contribution < -0.4 is 0 Å². The SMILES string of the molecule is CC(=O)O.C[C@]12CC[C@H]3[C@@H](C=CC4=CC(=O)CC[C@@H]43)[C@@H]1CC[C@@H]2O. The van der Waals surface area contributed by atoms with E-state index >= 15 is 0 Å². The summed E-state index contributed by atoms with van der Waals surface area (Å²) in [6, 6.07) is 0. The second-order valence-corrected chi connectivity index (χ2v) is 8.12. The Morgan fingerprint density at radius 2 is 1.96 bits per heavy atom. The van der Waals surface area contributed by atoms with Crippen LogP contribution in [0.2, 0.25) is 0 Å². The minimum Gasteiger partial charge on any atom is -0.481 e. The lowest BCUT2D eigenvalue weighted by Gasteiger charge is -2.51. The molecular weight excluding hydrogens is 304 g/mol. The predicted molar refractivity (Wildman–Crippen MR) is 91.3 cm³/mol. The van der Waals surface area contributed by atoms with E-state index in [1.807, 2.05) is 6.08 Å².